The largest absolute Gasteiger partial charge is 0.508 e. The Morgan fingerprint density at radius 3 is 1.34 bits per heavy atom. The molecule has 21 nitrogen and oxygen atoms in total. The Morgan fingerprint density at radius 2 is 0.885 bits per heavy atom. The molecule has 6 atom stereocenters. The molecular formula is C118H137N7O14. The maximum Gasteiger partial charge on any atom is 0.246 e. The molecule has 21 heteroatoms. The van der Waals surface area contributed by atoms with Crippen molar-refractivity contribution >= 4 is 85.3 Å². The van der Waals surface area contributed by atoms with Gasteiger partial charge in [0.25, 0.3) is 0 Å². The number of hydrogen-bond acceptors (Lipinski definition) is 16. The van der Waals surface area contributed by atoms with Crippen LogP contribution in [-0.4, -0.2) is 164 Å². The van der Waals surface area contributed by atoms with Gasteiger partial charge in [-0.3, -0.25) is 38.4 Å². The van der Waals surface area contributed by atoms with Crippen LogP contribution in [0.25, 0.3) is 32.3 Å². The van der Waals surface area contributed by atoms with E-state index in [1.807, 2.05) is 284 Å². The number of carbonyl (C=O) groups excluding carboxylic acids is 9. The normalized spacial score (nSPS) is 14.4. The van der Waals surface area contributed by atoms with Gasteiger partial charge in [-0.15, -0.1) is 0 Å². The summed E-state index contributed by atoms with van der Waals surface area (Å²) in [5, 5.41) is 16.4. The van der Waals surface area contributed by atoms with Crippen LogP contribution in [0.4, 0.5) is 0 Å². The fourth-order valence-electron chi connectivity index (χ4n) is 18.0. The van der Waals surface area contributed by atoms with Gasteiger partial charge in [-0.05, 0) is 227 Å². The molecule has 2 heterocycles. The number of rotatable bonds is 42. The molecule has 3 unspecified atom stereocenters. The second-order valence-electron chi connectivity index (χ2n) is 37.9. The maximum absolute atomic E-state index is 14.6. The van der Waals surface area contributed by atoms with Crippen molar-refractivity contribution < 1.29 is 67.2 Å². The highest BCUT2D eigenvalue weighted by Crippen LogP contribution is 2.34. The van der Waals surface area contributed by atoms with Gasteiger partial charge in [-0.1, -0.05) is 255 Å². The number of hydrogen-bond donors (Lipinski definition) is 2. The van der Waals surface area contributed by atoms with E-state index in [2.05, 4.69) is 71.7 Å². The number of piperazine rings is 1. The number of ketones is 3. The van der Waals surface area contributed by atoms with Crippen LogP contribution in [0.5, 0.6) is 17.2 Å². The molecule has 12 aromatic carbocycles. The highest BCUT2D eigenvalue weighted by molar-refractivity contribution is 5.94. The first-order valence-corrected chi connectivity index (χ1v) is 48.9. The van der Waals surface area contributed by atoms with Crippen molar-refractivity contribution in [1.29, 1.82) is 0 Å². The lowest BCUT2D eigenvalue weighted by Gasteiger charge is -2.52. The number of Topliss-reactive ketones (excluding diaryl/α,β-unsaturated/α-hetero) is 3. The Kier molecular flexibility index (Phi) is 40.7. The molecule has 2 aliphatic rings. The molecule has 0 aliphatic carbocycles. The highest BCUT2D eigenvalue weighted by Gasteiger charge is 2.49. The van der Waals surface area contributed by atoms with Crippen molar-refractivity contribution in [3.8, 4) is 17.2 Å². The summed E-state index contributed by atoms with van der Waals surface area (Å²) in [5.41, 5.74) is 14.2. The number of benzene rings is 12. The Bertz CT molecular complexity index is 6000. The molecular weight excluding hydrogens is 1740 g/mol. The predicted octanol–water partition coefficient (Wildman–Crippen LogP) is 20.9. The van der Waals surface area contributed by atoms with Crippen LogP contribution in [0.2, 0.25) is 0 Å². The molecule has 3 N–H and O–H groups in total. The van der Waals surface area contributed by atoms with Gasteiger partial charge in [0.05, 0.1) is 25.3 Å². The molecule has 0 bridgehead atoms. The third kappa shape index (κ3) is 33.7. The van der Waals surface area contributed by atoms with Gasteiger partial charge in [-0.25, -0.2) is 9.79 Å². The van der Waals surface area contributed by atoms with Gasteiger partial charge in [0.2, 0.25) is 35.6 Å². The van der Waals surface area contributed by atoms with E-state index in [0.717, 1.165) is 93.9 Å². The third-order valence-corrected chi connectivity index (χ3v) is 24.6. The SMILES string of the molecule is CCOC(C)CN(Cc1cccc2ccccc12)C(=O)[C@H](CC(=O)CCCC(=O)CCc1ccccc1)Cc1ccc(OC(C)(C)C)cc1.CCOC(C)CN(Cc1cccc2ccccc12)C(=O)[C@H](CC(=O)CCN)Cc1ccc(OC(C)(C)C)cc1.O=C1[C@@H](Cc2ccc(O)cc2)N2C(=O)CCN(C(=O)CCc3ccccc3)C2CN1Cc1cccc2ccccc12.O=C=NCc1ccccc1. The Labute approximate surface area is 820 Å². The van der Waals surface area contributed by atoms with Crippen molar-refractivity contribution in [3.05, 3.63) is 341 Å². The predicted molar refractivity (Wildman–Crippen MR) is 550 cm³/mol. The average Bonchev–Trinajstić information content (AvgIpc) is 0.750. The monoisotopic (exact) mass is 1880 g/mol. The van der Waals surface area contributed by atoms with Gasteiger partial charge >= 0.3 is 0 Å². The lowest BCUT2D eigenvalue weighted by Crippen LogP contribution is -2.71. The van der Waals surface area contributed by atoms with E-state index in [4.69, 9.17) is 24.7 Å². The zero-order valence-electron chi connectivity index (χ0n) is 82.4. The quantitative estimate of drug-likeness (QED) is 0.0266. The minimum Gasteiger partial charge on any atom is -0.508 e. The zero-order valence-corrected chi connectivity index (χ0v) is 82.4. The first-order chi connectivity index (χ1) is 67.0. The molecule has 2 fully saturated rings. The standard InChI is InChI=1S/C43H53NO5.C34H33N3O4.C33H44N2O4.C8H7NO/c1-6-48-32(2)30-44(31-36-18-12-17-35-16-10-11-21-41(35)36)42(47)37(28-34-23-26-40(27-24-34)49-43(3,4)5)29-39(46)20-13-19-38(45)25-22-33-14-8-7-9-15-33;38-28-16-13-25(14-17-28)21-30-34(41)35(22-27-11-6-10-26-9-4-5-12-29(26)27)23-31-36(20-19-33(40)37(30)31)32(39)18-15-24-7-2-1-3-8-24;1-6-38-24(2)22-35(23-27-12-9-11-26-10-7-8-13-31(26)27)32(37)28(21-29(36)18-19-34)20-25-14-16-30(17-15-25)39-33(3,4)5;10-7-9-6-8-4-2-1-3-5-8/h7-12,14-18,21,23-24,26-27,32,37H,6,13,19-20,22,25,28-31H2,1-5H3;1-14,16-17,30-31,38H,15,18-23H2;7-17,24,28H,6,18-23,34H2,1-5H3;1-5H,6H2/t32?,37-;30-,31?;24?,28-;/m010./s1. The van der Waals surface area contributed by atoms with Crippen molar-refractivity contribution in [2.45, 2.75) is 221 Å². The fourth-order valence-corrected chi connectivity index (χ4v) is 18.0. The number of aliphatic imine (C=N–C) groups is 1. The molecule has 2 aliphatic heterocycles. The molecule has 0 aromatic heterocycles. The van der Waals surface area contributed by atoms with E-state index < -0.39 is 24.0 Å². The van der Waals surface area contributed by atoms with Crippen LogP contribution in [0.3, 0.4) is 0 Å². The van der Waals surface area contributed by atoms with Gasteiger partial charge < -0.3 is 54.3 Å². The fraction of sp³-hybridized carbons (Fsp3) is 0.364. The van der Waals surface area contributed by atoms with Crippen LogP contribution in [0.15, 0.2) is 296 Å². The zero-order chi connectivity index (χ0) is 99.2. The van der Waals surface area contributed by atoms with Crippen LogP contribution in [-0.2, 0) is 111 Å². The lowest BCUT2D eigenvalue weighted by molar-refractivity contribution is -0.174. The number of phenols is 1. The number of aryl methyl sites for hydroxylation is 2. The summed E-state index contributed by atoms with van der Waals surface area (Å²) in [6.45, 7) is 24.4. The number of fused-ring (bicyclic) bond motifs is 4. The number of carbonyl (C=O) groups is 8. The molecule has 0 saturated carbocycles. The second-order valence-corrected chi connectivity index (χ2v) is 37.9. The number of ether oxygens (including phenoxy) is 4. The minimum atomic E-state index is -0.745. The first kappa shape index (κ1) is 106. The Balaban J connectivity index is 0.000000191. The summed E-state index contributed by atoms with van der Waals surface area (Å²) in [6, 6.07) is 94.0. The number of nitrogens with zero attached hydrogens (tertiary/aromatic N) is 6. The van der Waals surface area contributed by atoms with Gasteiger partial charge in [0.15, 0.2) is 0 Å². The minimum absolute atomic E-state index is 0.00450. The number of amides is 5. The molecule has 2 saturated heterocycles. The average molecular weight is 1880 g/mol. The van der Waals surface area contributed by atoms with Crippen LogP contribution < -0.4 is 15.2 Å². The lowest BCUT2D eigenvalue weighted by atomic mass is 9.90. The van der Waals surface area contributed by atoms with Crippen LogP contribution in [0.1, 0.15) is 177 Å². The maximum atomic E-state index is 14.6. The summed E-state index contributed by atoms with van der Waals surface area (Å²) < 4.78 is 23.7. The van der Waals surface area contributed by atoms with Gasteiger partial charge in [0, 0.05) is 122 Å². The second kappa shape index (κ2) is 53.4. The summed E-state index contributed by atoms with van der Waals surface area (Å²) >= 11 is 0. The topological polar surface area (TPSA) is 265 Å². The van der Waals surface area contributed by atoms with E-state index in [1.165, 1.54) is 6.08 Å². The molecule has 12 aromatic rings. The van der Waals surface area contributed by atoms with E-state index in [9.17, 15) is 48.3 Å². The summed E-state index contributed by atoms with van der Waals surface area (Å²) in [6.07, 6.45) is 5.83. The number of aromatic hydroxyl groups is 1. The molecule has 14 rings (SSSR count). The van der Waals surface area contributed by atoms with Crippen molar-refractivity contribution in [3.63, 3.8) is 0 Å². The smallest absolute Gasteiger partial charge is 0.246 e. The summed E-state index contributed by atoms with van der Waals surface area (Å²) in [4.78, 5) is 131. The number of isocyanates is 1. The molecule has 0 radical (unpaired) electrons. The van der Waals surface area contributed by atoms with E-state index >= 15 is 0 Å². The van der Waals surface area contributed by atoms with E-state index in [1.54, 1.807) is 34.1 Å². The van der Waals surface area contributed by atoms with Gasteiger partial charge in [0.1, 0.15) is 58.0 Å². The number of nitrogens with two attached hydrogens (primary N) is 1. The molecule has 0 spiro atoms. The Hall–Kier alpha value is -13.6. The highest BCUT2D eigenvalue weighted by atomic mass is 16.5. The summed E-state index contributed by atoms with van der Waals surface area (Å²) in [5.74, 6) is 0.426. The molecule has 5 amide bonds. The third-order valence-electron chi connectivity index (χ3n) is 24.6. The first-order valence-electron chi connectivity index (χ1n) is 48.9. The van der Waals surface area contributed by atoms with E-state index in [-0.39, 0.29) is 121 Å². The van der Waals surface area contributed by atoms with Crippen LogP contribution in [0, 0.1) is 11.8 Å². The molecule has 139 heavy (non-hydrogen) atoms. The van der Waals surface area contributed by atoms with Gasteiger partial charge in [-0.2, -0.15) is 0 Å². The van der Waals surface area contributed by atoms with Crippen LogP contribution >= 0.6 is 0 Å². The van der Waals surface area contributed by atoms with E-state index in [0.29, 0.717) is 117 Å². The summed E-state index contributed by atoms with van der Waals surface area (Å²) in [7, 11) is 0. The van der Waals surface area contributed by atoms with Crippen molar-refractivity contribution in [2.75, 3.05) is 45.9 Å². The number of phenolic OH excluding ortho intramolecular Hbond substituents is 1. The Morgan fingerprint density at radius 1 is 0.475 bits per heavy atom. The van der Waals surface area contributed by atoms with Crippen molar-refractivity contribution in [1.82, 2.24) is 24.5 Å². The molecule has 728 valence electrons. The van der Waals surface area contributed by atoms with Crippen molar-refractivity contribution in [2.24, 2.45) is 22.6 Å².